The van der Waals surface area contributed by atoms with Crippen LogP contribution in [0.25, 0.3) is 11.0 Å². The first-order chi connectivity index (χ1) is 20.5. The Morgan fingerprint density at radius 2 is 1.80 bits per heavy atom. The summed E-state index contributed by atoms with van der Waals surface area (Å²) in [6, 6.07) is 5.81. The van der Waals surface area contributed by atoms with E-state index >= 15 is 4.39 Å². The molecule has 0 saturated heterocycles. The summed E-state index contributed by atoms with van der Waals surface area (Å²) in [7, 11) is -4.54. The lowest BCUT2D eigenvalue weighted by Gasteiger charge is -2.22. The maximum Gasteiger partial charge on any atom is 0.414 e. The maximum atomic E-state index is 16.4. The first-order valence-electron chi connectivity index (χ1n) is 13.5. The van der Waals surface area contributed by atoms with Crippen LogP contribution in [0.1, 0.15) is 55.8 Å². The average molecular weight is 650 g/mol. The van der Waals surface area contributed by atoms with Gasteiger partial charge in [0.2, 0.25) is 11.2 Å². The van der Waals surface area contributed by atoms with Gasteiger partial charge in [0.15, 0.2) is 11.5 Å². The Bertz CT molecular complexity index is 1810. The van der Waals surface area contributed by atoms with Crippen LogP contribution in [0.3, 0.4) is 0 Å². The number of aryl methyl sites for hydroxylation is 3. The molecule has 0 aliphatic heterocycles. The van der Waals surface area contributed by atoms with Crippen molar-refractivity contribution in [1.29, 1.82) is 0 Å². The summed E-state index contributed by atoms with van der Waals surface area (Å²) in [5, 5.41) is 4.04. The van der Waals surface area contributed by atoms with Crippen LogP contribution in [0, 0.1) is 26.6 Å². The lowest BCUT2D eigenvalue weighted by molar-refractivity contribution is 0.0508. The number of halogens is 2. The van der Waals surface area contributed by atoms with E-state index in [4.69, 9.17) is 25.5 Å². The van der Waals surface area contributed by atoms with Crippen molar-refractivity contribution in [3.8, 4) is 5.88 Å². The minimum Gasteiger partial charge on any atom is -0.467 e. The number of carbonyl (C=O) groups excluding carboxylic acids is 2. The molecule has 0 fully saturated rings. The molecule has 0 aliphatic carbocycles. The summed E-state index contributed by atoms with van der Waals surface area (Å²) in [6.07, 6.45) is -0.709. The molecular weight excluding hydrogens is 617 g/mol. The number of nitrogens with one attached hydrogen (secondary N) is 2. The van der Waals surface area contributed by atoms with Gasteiger partial charge in [-0.05, 0) is 83.3 Å². The van der Waals surface area contributed by atoms with Crippen molar-refractivity contribution in [2.24, 2.45) is 0 Å². The minimum atomic E-state index is -4.54. The first-order valence-corrected chi connectivity index (χ1v) is 15.4. The predicted octanol–water partition coefficient (Wildman–Crippen LogP) is 5.72. The van der Waals surface area contributed by atoms with Crippen molar-refractivity contribution in [1.82, 2.24) is 24.6 Å². The van der Waals surface area contributed by atoms with Crippen LogP contribution in [-0.4, -0.2) is 46.2 Å². The van der Waals surface area contributed by atoms with E-state index in [-0.39, 0.29) is 23.6 Å². The van der Waals surface area contributed by atoms with Gasteiger partial charge in [-0.25, -0.2) is 26.4 Å². The zero-order chi connectivity index (χ0) is 32.6. The lowest BCUT2D eigenvalue weighted by Crippen LogP contribution is -2.39. The van der Waals surface area contributed by atoms with E-state index in [1.54, 1.807) is 65.8 Å². The Kier molecular flexibility index (Phi) is 9.26. The Morgan fingerprint density at radius 3 is 2.39 bits per heavy atom. The smallest absolute Gasteiger partial charge is 0.414 e. The number of fused-ring (bicyclic) bond motifs is 1. The number of carbonyl (C=O) groups is 2. The number of furan rings is 1. The van der Waals surface area contributed by atoms with Gasteiger partial charge in [-0.15, -0.1) is 0 Å². The fourth-order valence-corrected chi connectivity index (χ4v) is 6.90. The second kappa shape index (κ2) is 12.4. The molecule has 0 aliphatic rings. The molecule has 1 aromatic carbocycles. The molecule has 3 heterocycles. The molecule has 3 aromatic heterocycles. The number of alkyl carbamates (subject to hydrolysis) is 1. The summed E-state index contributed by atoms with van der Waals surface area (Å²) < 4.78 is 61.6. The number of hydrogen-bond donors (Lipinski definition) is 2. The molecule has 1 atom stereocenters. The molecule has 44 heavy (non-hydrogen) atoms. The molecule has 236 valence electrons. The highest BCUT2D eigenvalue weighted by atomic mass is 35.5. The fraction of sp³-hybridized carbons (Fsp3) is 0.379. The zero-order valence-corrected chi connectivity index (χ0v) is 26.8. The normalized spacial score (nSPS) is 12.7. The van der Waals surface area contributed by atoms with Gasteiger partial charge in [-0.2, -0.15) is 9.97 Å². The van der Waals surface area contributed by atoms with Crippen molar-refractivity contribution < 1.29 is 36.3 Å². The zero-order valence-electron chi connectivity index (χ0n) is 25.2. The molecule has 2 amide bonds. The highest BCUT2D eigenvalue weighted by molar-refractivity contribution is 7.90. The number of aromatic nitrogens is 3. The summed E-state index contributed by atoms with van der Waals surface area (Å²) in [5.74, 6) is -1.25. The minimum absolute atomic E-state index is 0.0449. The quantitative estimate of drug-likeness (QED) is 0.228. The van der Waals surface area contributed by atoms with Gasteiger partial charge in [-0.3, -0.25) is 0 Å². The van der Waals surface area contributed by atoms with E-state index in [0.717, 1.165) is 9.54 Å². The van der Waals surface area contributed by atoms with Gasteiger partial charge >= 0.3 is 12.2 Å². The molecule has 0 spiro atoms. The first kappa shape index (κ1) is 32.7. The van der Waals surface area contributed by atoms with E-state index in [9.17, 15) is 18.0 Å². The van der Waals surface area contributed by atoms with Crippen molar-refractivity contribution in [3.63, 3.8) is 0 Å². The SMILES string of the molecule is Cc1cc(C)c(S(=O)(=O)n2c(C[C@H](C)NC(=O)OC(C)(C)C)c(F)c3c(OC(=O)NCc4ccco4)nc(Cl)nc32)c(C)c1. The van der Waals surface area contributed by atoms with Gasteiger partial charge in [0.25, 0.3) is 10.0 Å². The summed E-state index contributed by atoms with van der Waals surface area (Å²) in [5.41, 5.74) is 0.0494. The van der Waals surface area contributed by atoms with Crippen molar-refractivity contribution in [3.05, 3.63) is 69.8 Å². The van der Waals surface area contributed by atoms with Gasteiger partial charge < -0.3 is 24.5 Å². The number of benzene rings is 1. The van der Waals surface area contributed by atoms with E-state index in [2.05, 4.69) is 20.6 Å². The third kappa shape index (κ3) is 7.13. The van der Waals surface area contributed by atoms with E-state index < -0.39 is 61.9 Å². The molecule has 4 aromatic rings. The number of ether oxygens (including phenoxy) is 2. The number of amides is 2. The second-order valence-electron chi connectivity index (χ2n) is 11.3. The molecule has 12 nitrogen and oxygen atoms in total. The molecule has 15 heteroatoms. The fourth-order valence-electron chi connectivity index (χ4n) is 4.82. The third-order valence-electron chi connectivity index (χ3n) is 6.28. The van der Waals surface area contributed by atoms with Crippen LogP contribution in [-0.2, 0) is 27.7 Å². The molecule has 4 rings (SSSR count). The average Bonchev–Trinajstić information content (AvgIpc) is 3.47. The Balaban J connectivity index is 1.86. The Hall–Kier alpha value is -4.17. The van der Waals surface area contributed by atoms with Crippen molar-refractivity contribution in [2.75, 3.05) is 0 Å². The summed E-state index contributed by atoms with van der Waals surface area (Å²) >= 11 is 6.16. The number of hydrogen-bond acceptors (Lipinski definition) is 9. The summed E-state index contributed by atoms with van der Waals surface area (Å²) in [4.78, 5) is 32.9. The molecule has 0 saturated carbocycles. The number of rotatable bonds is 8. The monoisotopic (exact) mass is 649 g/mol. The topological polar surface area (TPSA) is 155 Å². The largest absolute Gasteiger partial charge is 0.467 e. The Morgan fingerprint density at radius 1 is 1.14 bits per heavy atom. The van der Waals surface area contributed by atoms with Gasteiger partial charge in [-0.1, -0.05) is 17.7 Å². The van der Waals surface area contributed by atoms with E-state index in [0.29, 0.717) is 16.9 Å². The van der Waals surface area contributed by atoms with Gasteiger partial charge in [0.05, 0.1) is 23.4 Å². The van der Waals surface area contributed by atoms with Gasteiger partial charge in [0, 0.05) is 12.5 Å². The van der Waals surface area contributed by atoms with Crippen LogP contribution in [0.4, 0.5) is 14.0 Å². The van der Waals surface area contributed by atoms with Crippen LogP contribution in [0.5, 0.6) is 5.88 Å². The lowest BCUT2D eigenvalue weighted by atomic mass is 10.1. The third-order valence-corrected chi connectivity index (χ3v) is 8.48. The van der Waals surface area contributed by atoms with Crippen molar-refractivity contribution in [2.45, 2.75) is 78.0 Å². The molecular formula is C29H33ClFN5O7S. The van der Waals surface area contributed by atoms with Crippen molar-refractivity contribution >= 4 is 44.8 Å². The van der Waals surface area contributed by atoms with Crippen LogP contribution in [0.15, 0.2) is 39.8 Å². The second-order valence-corrected chi connectivity index (χ2v) is 13.4. The van der Waals surface area contributed by atoms with Gasteiger partial charge in [0.1, 0.15) is 16.7 Å². The summed E-state index contributed by atoms with van der Waals surface area (Å²) in [6.45, 7) is 11.6. The maximum absolute atomic E-state index is 16.4. The van der Waals surface area contributed by atoms with Crippen LogP contribution in [0.2, 0.25) is 5.28 Å². The van der Waals surface area contributed by atoms with Crippen LogP contribution >= 0.6 is 11.6 Å². The predicted molar refractivity (Wildman–Crippen MR) is 160 cm³/mol. The Labute approximate surface area is 259 Å². The van der Waals surface area contributed by atoms with Crippen LogP contribution < -0.4 is 15.4 Å². The highest BCUT2D eigenvalue weighted by Crippen LogP contribution is 2.36. The standard InChI is InChI=1S/C29H33ClFN5O7S/c1-15-11-16(2)23(17(3)12-15)44(39,40)36-20(13-18(4)33-28(38)43-29(5,6)7)22(31)21-24(36)34-26(30)35-25(21)42-27(37)32-14-19-9-8-10-41-19/h8-12,18H,13-14H2,1-7H3,(H,32,37)(H,33,38)/t18-/m0/s1. The molecule has 0 bridgehead atoms. The number of nitrogens with zero attached hydrogens (tertiary/aromatic N) is 3. The molecule has 0 unspecified atom stereocenters. The van der Waals surface area contributed by atoms with E-state index in [1.807, 2.05) is 6.92 Å². The molecule has 0 radical (unpaired) electrons. The molecule has 2 N–H and O–H groups in total. The van der Waals surface area contributed by atoms with E-state index in [1.165, 1.54) is 6.26 Å². The highest BCUT2D eigenvalue weighted by Gasteiger charge is 2.34.